The maximum atomic E-state index is 2.28. The second-order valence-electron chi connectivity index (χ2n) is 1.92. The van der Waals surface area contributed by atoms with Crippen molar-refractivity contribution >= 4 is 29.8 Å². The van der Waals surface area contributed by atoms with Crippen molar-refractivity contribution in [3.63, 3.8) is 0 Å². The van der Waals surface area contributed by atoms with Crippen molar-refractivity contribution in [2.24, 2.45) is 0 Å². The van der Waals surface area contributed by atoms with E-state index < -0.39 is 0 Å². The molecule has 0 radical (unpaired) electrons. The molecule has 0 aliphatic carbocycles. The van der Waals surface area contributed by atoms with E-state index in [4.69, 9.17) is 0 Å². The average molecular weight is 77.3 g/mol. The molecule has 6 heavy (non-hydrogen) atoms. The van der Waals surface area contributed by atoms with Gasteiger partial charge in [-0.15, -0.1) is 5.72 Å². The van der Waals surface area contributed by atoms with Crippen LogP contribution in [-0.4, -0.2) is 29.8 Å². The van der Waals surface area contributed by atoms with Crippen molar-refractivity contribution in [3.05, 3.63) is 0 Å². The Morgan fingerprint density at radius 2 is 1.67 bits per heavy atom. The van der Waals surface area contributed by atoms with Gasteiger partial charge in [-0.3, -0.25) is 0 Å². The molecule has 0 fully saturated rings. The molecule has 0 aromatic heterocycles. The van der Waals surface area contributed by atoms with E-state index in [1.54, 1.807) is 0 Å². The molecule has 0 bridgehead atoms. The fourth-order valence-corrected chi connectivity index (χ4v) is 0.289. The van der Waals surface area contributed by atoms with Crippen LogP contribution in [0, 0.1) is 0 Å². The number of hydrogen-bond donors (Lipinski definition) is 0. The Bertz CT molecular complexity index is 24.7. The zero-order valence-electron chi connectivity index (χ0n) is 4.99. The summed E-state index contributed by atoms with van der Waals surface area (Å²) >= 11 is 0. The molecule has 0 saturated carbocycles. The lowest BCUT2D eigenvalue weighted by Gasteiger charge is -1.95. The van der Waals surface area contributed by atoms with E-state index in [2.05, 4.69) is 22.4 Å². The van der Waals surface area contributed by atoms with Gasteiger partial charge in [-0.05, 0) is 0 Å². The van der Waals surface area contributed by atoms with E-state index in [1.807, 2.05) is 0 Å². The van der Waals surface area contributed by atoms with Gasteiger partial charge in [-0.1, -0.05) is 6.92 Å². The number of rotatable bonds is 2. The zero-order valence-corrected chi connectivity index (χ0v) is 4.99. The largest absolute Gasteiger partial charge is 0.105 e. The van der Waals surface area contributed by atoms with Gasteiger partial charge >= 0.3 is 0 Å². The highest BCUT2D eigenvalue weighted by molar-refractivity contribution is 7.03. The molecule has 0 aromatic rings. The van der Waals surface area contributed by atoms with Crippen LogP contribution in [0.4, 0.5) is 0 Å². The molecule has 4 heteroatoms. The van der Waals surface area contributed by atoms with Crippen molar-refractivity contribution in [2.75, 3.05) is 0 Å². The van der Waals surface area contributed by atoms with Crippen molar-refractivity contribution in [1.82, 2.24) is 0 Å². The van der Waals surface area contributed by atoms with Crippen LogP contribution in [0.15, 0.2) is 0 Å². The Morgan fingerprint density at radius 3 is 1.67 bits per heavy atom. The standard InChI is InChI=1S/C2H10B4/c1-2(5-3)6-4/h2,5-6H,3-4H2,1H3. The van der Waals surface area contributed by atoms with Crippen LogP contribution in [0.25, 0.3) is 0 Å². The van der Waals surface area contributed by atoms with Crippen LogP contribution in [0.1, 0.15) is 6.92 Å². The van der Waals surface area contributed by atoms with Crippen LogP contribution >= 0.6 is 0 Å². The summed E-state index contributed by atoms with van der Waals surface area (Å²) in [6.07, 6.45) is 0. The molecule has 0 rings (SSSR count). The molecule has 0 unspecified atom stereocenters. The first-order chi connectivity index (χ1) is 2.81. The predicted octanol–water partition coefficient (Wildman–Crippen LogP) is -2.28. The second kappa shape index (κ2) is 3.45. The minimum absolute atomic E-state index is 0.935. The Hall–Kier alpha value is 0.260. The lowest BCUT2D eigenvalue weighted by Crippen LogP contribution is -2.07. The van der Waals surface area contributed by atoms with E-state index in [-0.39, 0.29) is 0 Å². The molecule has 0 saturated heterocycles. The van der Waals surface area contributed by atoms with Crippen LogP contribution in [0.2, 0.25) is 5.72 Å². The maximum absolute atomic E-state index is 2.28. The van der Waals surface area contributed by atoms with Crippen molar-refractivity contribution in [1.29, 1.82) is 0 Å². The predicted molar refractivity (Wildman–Crippen MR) is 40.8 cm³/mol. The highest BCUT2D eigenvalue weighted by Gasteiger charge is 1.93. The molecular weight excluding hydrogens is 67.3 g/mol. The third-order valence-corrected chi connectivity index (χ3v) is 1.39. The van der Waals surface area contributed by atoms with Gasteiger partial charge in [0.1, 0.15) is 0 Å². The average Bonchev–Trinajstić information content (AvgIpc) is 1.65. The topological polar surface area (TPSA) is 0 Å². The normalized spacial score (nSPS) is 8.33. The maximum Gasteiger partial charge on any atom is 0.0760 e. The lowest BCUT2D eigenvalue weighted by molar-refractivity contribution is 1.35. The fourth-order valence-electron chi connectivity index (χ4n) is 0.289. The first-order valence-corrected chi connectivity index (χ1v) is 2.81. The summed E-state index contributed by atoms with van der Waals surface area (Å²) < 4.78 is 0. The monoisotopic (exact) mass is 78.1 g/mol. The smallest absolute Gasteiger partial charge is 0.0760 e. The first kappa shape index (κ1) is 6.26. The van der Waals surface area contributed by atoms with Crippen molar-refractivity contribution < 1.29 is 0 Å². The molecule has 0 aromatic carbocycles. The van der Waals surface area contributed by atoms with Gasteiger partial charge in [0, 0.05) is 0 Å². The molecule has 30 valence electrons. The quantitative estimate of drug-likeness (QED) is 0.326. The van der Waals surface area contributed by atoms with Gasteiger partial charge in [0.15, 0.2) is 0 Å². The van der Waals surface area contributed by atoms with Gasteiger partial charge in [-0.25, -0.2) is 0 Å². The van der Waals surface area contributed by atoms with Gasteiger partial charge in [0.25, 0.3) is 0 Å². The Labute approximate surface area is 43.3 Å². The number of hydrogen-bond acceptors (Lipinski definition) is 0. The summed E-state index contributed by atoms with van der Waals surface area (Å²) in [5, 5.41) is 0. The molecule has 0 nitrogen and oxygen atoms in total. The molecule has 0 aliphatic heterocycles. The Kier molecular flexibility index (Phi) is 3.60. The molecule has 0 heterocycles. The minimum atomic E-state index is 0.935. The lowest BCUT2D eigenvalue weighted by atomic mass is 9.30. The summed E-state index contributed by atoms with van der Waals surface area (Å²) in [6, 6.07) is 0. The van der Waals surface area contributed by atoms with Gasteiger partial charge in [-0.2, -0.15) is 0 Å². The van der Waals surface area contributed by atoms with Crippen LogP contribution < -0.4 is 0 Å². The molecule has 0 atom stereocenters. The first-order valence-electron chi connectivity index (χ1n) is 2.81. The van der Waals surface area contributed by atoms with E-state index in [0.29, 0.717) is 0 Å². The van der Waals surface area contributed by atoms with Crippen molar-refractivity contribution in [2.45, 2.75) is 12.6 Å². The second-order valence-corrected chi connectivity index (χ2v) is 1.92. The van der Waals surface area contributed by atoms with E-state index in [0.717, 1.165) is 5.72 Å². The van der Waals surface area contributed by atoms with Crippen LogP contribution in [0.3, 0.4) is 0 Å². The Balaban J connectivity index is 2.75. The summed E-state index contributed by atoms with van der Waals surface area (Å²) in [7, 11) is 7.12. The highest BCUT2D eigenvalue weighted by Crippen LogP contribution is 1.89. The third kappa shape index (κ3) is 2.49. The summed E-state index contributed by atoms with van der Waals surface area (Å²) in [5.74, 6) is 0. The van der Waals surface area contributed by atoms with E-state index in [9.17, 15) is 0 Å². The van der Waals surface area contributed by atoms with Crippen LogP contribution in [0.5, 0.6) is 0 Å². The van der Waals surface area contributed by atoms with Crippen LogP contribution in [-0.2, 0) is 0 Å². The van der Waals surface area contributed by atoms with Crippen molar-refractivity contribution in [3.8, 4) is 0 Å². The van der Waals surface area contributed by atoms with Gasteiger partial charge in [0.2, 0.25) is 0 Å². The molecule has 0 spiro atoms. The Morgan fingerprint density at radius 1 is 1.33 bits per heavy atom. The van der Waals surface area contributed by atoms with E-state index in [1.165, 1.54) is 14.3 Å². The minimum Gasteiger partial charge on any atom is -0.105 e. The zero-order chi connectivity index (χ0) is 4.99. The highest BCUT2D eigenvalue weighted by atomic mass is 13.5. The summed E-state index contributed by atoms with van der Waals surface area (Å²) in [4.78, 5) is 0. The third-order valence-electron chi connectivity index (χ3n) is 1.39. The SMILES string of the molecule is BBC(C)BB. The summed E-state index contributed by atoms with van der Waals surface area (Å²) in [5.41, 5.74) is 0.935. The molecule has 0 N–H and O–H groups in total. The molecular formula is C2H10B4. The van der Waals surface area contributed by atoms with Gasteiger partial charge < -0.3 is 0 Å². The molecule has 0 aliphatic rings. The summed E-state index contributed by atoms with van der Waals surface area (Å²) in [6.45, 7) is 2.28. The molecule has 0 amide bonds. The van der Waals surface area contributed by atoms with Gasteiger partial charge in [0.05, 0.1) is 29.8 Å². The fraction of sp³-hybridized carbons (Fsp3) is 1.00. The van der Waals surface area contributed by atoms with E-state index >= 15 is 0 Å².